The Morgan fingerprint density at radius 2 is 1.60 bits per heavy atom. The van der Waals surface area contributed by atoms with Crippen LogP contribution >= 0.6 is 0 Å². The van der Waals surface area contributed by atoms with Crippen LogP contribution in [0.25, 0.3) is 11.1 Å². The number of nitrogens with zero attached hydrogens (tertiary/aromatic N) is 2. The maximum Gasteiger partial charge on any atom is 0.418 e. The summed E-state index contributed by atoms with van der Waals surface area (Å²) in [6.45, 7) is 0. The molecule has 35 heavy (non-hydrogen) atoms. The lowest BCUT2D eigenvalue weighted by molar-refractivity contribution is -0.137. The number of hydrogen-bond acceptors (Lipinski definition) is 5. The molecule has 0 unspecified atom stereocenters. The number of aromatic nitrogens is 1. The largest absolute Gasteiger partial charge is 0.465 e. The monoisotopic (exact) mass is 486 g/mol. The van der Waals surface area contributed by atoms with E-state index in [2.05, 4.69) is 10.3 Å². The lowest BCUT2D eigenvalue weighted by Gasteiger charge is -2.22. The molecular weight excluding hydrogens is 465 g/mol. The highest BCUT2D eigenvalue weighted by molar-refractivity contribution is 6.12. The van der Waals surface area contributed by atoms with Crippen molar-refractivity contribution >= 4 is 34.8 Å². The Hall–Kier alpha value is -4.41. The maximum absolute atomic E-state index is 13.6. The Labute approximate surface area is 198 Å². The predicted molar refractivity (Wildman–Crippen MR) is 125 cm³/mol. The number of halogens is 3. The second-order valence-electron chi connectivity index (χ2n) is 7.70. The van der Waals surface area contributed by atoms with Gasteiger partial charge in [0.25, 0.3) is 0 Å². The standard InChI is InChI=1S/C24H21F3N4O4/c1-31(2)20-12-19(30-23(34)35)18(11-17(20)24(25,26)27)29-22(33)13-21(32)16-5-3-4-15(10-16)14-6-8-28-9-7-14/h3-12,30H,13H2,1-2H3,(H,29,33)(H,34,35). The highest BCUT2D eigenvalue weighted by Crippen LogP contribution is 2.41. The van der Waals surface area contributed by atoms with Gasteiger partial charge in [-0.1, -0.05) is 18.2 Å². The summed E-state index contributed by atoms with van der Waals surface area (Å²) in [6, 6.07) is 11.6. The minimum Gasteiger partial charge on any atom is -0.465 e. The van der Waals surface area contributed by atoms with E-state index in [0.717, 1.165) is 17.2 Å². The van der Waals surface area contributed by atoms with Crippen LogP contribution in [0.4, 0.5) is 35.0 Å². The molecule has 1 heterocycles. The van der Waals surface area contributed by atoms with Gasteiger partial charge in [-0.3, -0.25) is 19.9 Å². The summed E-state index contributed by atoms with van der Waals surface area (Å²) >= 11 is 0. The number of benzene rings is 2. The summed E-state index contributed by atoms with van der Waals surface area (Å²) in [4.78, 5) is 41.5. The van der Waals surface area contributed by atoms with Crippen LogP contribution in [-0.2, 0) is 11.0 Å². The number of hydrogen-bond donors (Lipinski definition) is 3. The van der Waals surface area contributed by atoms with Crippen LogP contribution in [0.5, 0.6) is 0 Å². The average Bonchev–Trinajstić information content (AvgIpc) is 2.79. The van der Waals surface area contributed by atoms with Crippen LogP contribution in [0.3, 0.4) is 0 Å². The zero-order valence-corrected chi connectivity index (χ0v) is 18.7. The normalized spacial score (nSPS) is 11.0. The van der Waals surface area contributed by atoms with E-state index in [1.165, 1.54) is 25.1 Å². The molecular formula is C24H21F3N4O4. The number of alkyl halides is 3. The van der Waals surface area contributed by atoms with Gasteiger partial charge in [-0.05, 0) is 41.5 Å². The van der Waals surface area contributed by atoms with Crippen molar-refractivity contribution in [2.24, 2.45) is 0 Å². The lowest BCUT2D eigenvalue weighted by atomic mass is 10.0. The third kappa shape index (κ3) is 6.34. The number of Topliss-reactive ketones (excluding diaryl/α,β-unsaturated/α-hetero) is 1. The summed E-state index contributed by atoms with van der Waals surface area (Å²) < 4.78 is 40.8. The number of anilines is 3. The zero-order chi connectivity index (χ0) is 25.8. The lowest BCUT2D eigenvalue weighted by Crippen LogP contribution is -2.21. The third-order valence-electron chi connectivity index (χ3n) is 4.96. The first kappa shape index (κ1) is 25.2. The molecule has 2 amide bonds. The minimum absolute atomic E-state index is 0.234. The van der Waals surface area contributed by atoms with Crippen molar-refractivity contribution in [1.29, 1.82) is 0 Å². The molecule has 0 radical (unpaired) electrons. The predicted octanol–water partition coefficient (Wildman–Crippen LogP) is 5.13. The first-order valence-corrected chi connectivity index (χ1v) is 10.2. The van der Waals surface area contributed by atoms with Gasteiger partial charge in [0, 0.05) is 32.1 Å². The van der Waals surface area contributed by atoms with Gasteiger partial charge in [0.15, 0.2) is 5.78 Å². The van der Waals surface area contributed by atoms with Crippen molar-refractivity contribution in [3.05, 3.63) is 72.1 Å². The van der Waals surface area contributed by atoms with Crippen molar-refractivity contribution in [2.45, 2.75) is 12.6 Å². The van der Waals surface area contributed by atoms with Crippen molar-refractivity contribution in [3.63, 3.8) is 0 Å². The average molecular weight is 486 g/mol. The van der Waals surface area contributed by atoms with Crippen LogP contribution in [0.15, 0.2) is 60.9 Å². The molecule has 3 rings (SSSR count). The summed E-state index contributed by atoms with van der Waals surface area (Å²) in [6.07, 6.45) is -3.78. The van der Waals surface area contributed by atoms with Crippen molar-refractivity contribution in [2.75, 3.05) is 29.6 Å². The quantitative estimate of drug-likeness (QED) is 0.315. The Balaban J connectivity index is 1.86. The molecule has 0 saturated heterocycles. The van der Waals surface area contributed by atoms with E-state index in [9.17, 15) is 27.6 Å². The zero-order valence-electron chi connectivity index (χ0n) is 18.7. The molecule has 182 valence electrons. The van der Waals surface area contributed by atoms with Gasteiger partial charge in [0.2, 0.25) is 5.91 Å². The highest BCUT2D eigenvalue weighted by Gasteiger charge is 2.35. The molecule has 0 aliphatic heterocycles. The van der Waals surface area contributed by atoms with E-state index >= 15 is 0 Å². The van der Waals surface area contributed by atoms with Crippen molar-refractivity contribution in [3.8, 4) is 11.1 Å². The summed E-state index contributed by atoms with van der Waals surface area (Å²) in [5.74, 6) is -1.46. The number of nitrogens with one attached hydrogen (secondary N) is 2. The number of carbonyl (C=O) groups excluding carboxylic acids is 2. The number of carbonyl (C=O) groups is 3. The maximum atomic E-state index is 13.6. The minimum atomic E-state index is -4.77. The van der Waals surface area contributed by atoms with E-state index < -0.39 is 41.6 Å². The van der Waals surface area contributed by atoms with Crippen LogP contribution in [0.2, 0.25) is 0 Å². The molecule has 2 aromatic carbocycles. The fraction of sp³-hybridized carbons (Fsp3) is 0.167. The second kappa shape index (κ2) is 10.2. The van der Waals surface area contributed by atoms with E-state index in [1.54, 1.807) is 42.7 Å². The molecule has 0 aliphatic rings. The van der Waals surface area contributed by atoms with Gasteiger partial charge in [-0.2, -0.15) is 13.2 Å². The van der Waals surface area contributed by atoms with Crippen molar-refractivity contribution in [1.82, 2.24) is 4.98 Å². The number of rotatable bonds is 7. The number of amides is 2. The number of ketones is 1. The van der Waals surface area contributed by atoms with E-state index in [-0.39, 0.29) is 16.9 Å². The fourth-order valence-corrected chi connectivity index (χ4v) is 3.37. The Kier molecular flexibility index (Phi) is 7.38. The summed E-state index contributed by atoms with van der Waals surface area (Å²) in [5.41, 5.74) is -0.307. The van der Waals surface area contributed by atoms with E-state index in [4.69, 9.17) is 5.11 Å². The highest BCUT2D eigenvalue weighted by atomic mass is 19.4. The third-order valence-corrected chi connectivity index (χ3v) is 4.96. The van der Waals surface area contributed by atoms with Gasteiger partial charge in [-0.25, -0.2) is 4.79 Å². The fourth-order valence-electron chi connectivity index (χ4n) is 3.37. The van der Waals surface area contributed by atoms with Crippen LogP contribution < -0.4 is 15.5 Å². The molecule has 0 saturated carbocycles. The molecule has 0 bridgehead atoms. The Morgan fingerprint density at radius 3 is 2.20 bits per heavy atom. The summed E-state index contributed by atoms with van der Waals surface area (Å²) in [7, 11) is 2.73. The van der Waals surface area contributed by atoms with Gasteiger partial charge in [0.05, 0.1) is 29.0 Å². The number of carboxylic acid groups (broad SMARTS) is 1. The van der Waals surface area contributed by atoms with Crippen LogP contribution in [-0.4, -0.2) is 42.0 Å². The Morgan fingerprint density at radius 1 is 0.943 bits per heavy atom. The SMILES string of the molecule is CN(C)c1cc(NC(=O)O)c(NC(=O)CC(=O)c2cccc(-c3ccncc3)c2)cc1C(F)(F)F. The van der Waals surface area contributed by atoms with Crippen LogP contribution in [0.1, 0.15) is 22.3 Å². The van der Waals surface area contributed by atoms with Crippen molar-refractivity contribution < 1.29 is 32.7 Å². The van der Waals surface area contributed by atoms with Gasteiger partial charge in [-0.15, -0.1) is 0 Å². The van der Waals surface area contributed by atoms with E-state index in [0.29, 0.717) is 6.07 Å². The number of pyridine rings is 1. The topological polar surface area (TPSA) is 112 Å². The molecule has 3 aromatic rings. The van der Waals surface area contributed by atoms with E-state index in [1.807, 2.05) is 5.32 Å². The van der Waals surface area contributed by atoms with Gasteiger partial charge >= 0.3 is 12.3 Å². The Bertz CT molecular complexity index is 1260. The molecule has 0 spiro atoms. The van der Waals surface area contributed by atoms with Crippen LogP contribution in [0, 0.1) is 0 Å². The smallest absolute Gasteiger partial charge is 0.418 e. The molecule has 0 atom stereocenters. The first-order valence-electron chi connectivity index (χ1n) is 10.2. The molecule has 11 heteroatoms. The molecule has 8 nitrogen and oxygen atoms in total. The van der Waals surface area contributed by atoms with Gasteiger partial charge < -0.3 is 15.3 Å². The molecule has 0 aliphatic carbocycles. The van der Waals surface area contributed by atoms with Gasteiger partial charge in [0.1, 0.15) is 0 Å². The second-order valence-corrected chi connectivity index (χ2v) is 7.70. The molecule has 1 aromatic heterocycles. The molecule has 0 fully saturated rings. The molecule has 3 N–H and O–H groups in total. The summed E-state index contributed by atoms with van der Waals surface area (Å²) in [5, 5.41) is 13.3. The first-order chi connectivity index (χ1) is 16.5.